The fraction of sp³-hybridized carbons (Fsp3) is 0.545. The number of carbonyl (C=O) groups is 1. The summed E-state index contributed by atoms with van der Waals surface area (Å²) in [6, 6.07) is 1.76. The molecule has 1 unspecified atom stereocenters. The maximum absolute atomic E-state index is 11.6. The van der Waals surface area contributed by atoms with E-state index >= 15 is 0 Å². The van der Waals surface area contributed by atoms with Crippen LogP contribution in [0.1, 0.15) is 17.3 Å². The third-order valence-electron chi connectivity index (χ3n) is 2.07. The zero-order valence-electron chi connectivity index (χ0n) is 9.86. The van der Waals surface area contributed by atoms with Crippen LogP contribution in [0.4, 0.5) is 0 Å². The van der Waals surface area contributed by atoms with Crippen LogP contribution in [-0.4, -0.2) is 48.7 Å². The Labute approximate surface area is 99.9 Å². The van der Waals surface area contributed by atoms with Gasteiger partial charge in [-0.3, -0.25) is 4.79 Å². The van der Waals surface area contributed by atoms with Crippen LogP contribution in [0.5, 0.6) is 0 Å². The number of amides is 1. The third kappa shape index (κ3) is 4.30. The van der Waals surface area contributed by atoms with E-state index in [-0.39, 0.29) is 12.5 Å². The molecule has 90 valence electrons. The minimum absolute atomic E-state index is 0.139. The average Bonchev–Trinajstić information content (AvgIpc) is 2.64. The predicted molar refractivity (Wildman–Crippen MR) is 65.8 cm³/mol. The molecule has 0 spiro atoms. The van der Waals surface area contributed by atoms with Crippen molar-refractivity contribution in [2.45, 2.75) is 12.5 Å². The van der Waals surface area contributed by atoms with Crippen molar-refractivity contribution in [3.05, 3.63) is 22.4 Å². The van der Waals surface area contributed by atoms with Gasteiger partial charge in [-0.15, -0.1) is 0 Å². The van der Waals surface area contributed by atoms with Crippen molar-refractivity contribution in [1.82, 2.24) is 10.2 Å². The lowest BCUT2D eigenvalue weighted by Gasteiger charge is -2.26. The normalized spacial score (nSPS) is 14.8. The molecule has 1 aromatic rings. The summed E-state index contributed by atoms with van der Waals surface area (Å²) >= 11 is 1.48. The fourth-order valence-corrected chi connectivity index (χ4v) is 2.14. The molecule has 0 aromatic carbocycles. The smallest absolute Gasteiger partial charge is 0.252 e. The van der Waals surface area contributed by atoms with E-state index in [9.17, 15) is 9.90 Å². The second-order valence-corrected chi connectivity index (χ2v) is 5.21. The van der Waals surface area contributed by atoms with Crippen LogP contribution < -0.4 is 5.32 Å². The Balaban J connectivity index is 2.42. The quantitative estimate of drug-likeness (QED) is 0.802. The molecule has 1 amide bonds. The summed E-state index contributed by atoms with van der Waals surface area (Å²) in [6.07, 6.45) is 0. The highest BCUT2D eigenvalue weighted by molar-refractivity contribution is 7.08. The molecule has 0 aliphatic carbocycles. The molecule has 0 saturated heterocycles. The Kier molecular flexibility index (Phi) is 4.46. The van der Waals surface area contributed by atoms with Crippen molar-refractivity contribution >= 4 is 17.2 Å². The first-order valence-electron chi connectivity index (χ1n) is 5.08. The first kappa shape index (κ1) is 13.2. The molecule has 2 N–H and O–H groups in total. The molecule has 16 heavy (non-hydrogen) atoms. The van der Waals surface area contributed by atoms with Gasteiger partial charge in [0, 0.05) is 24.0 Å². The molecule has 5 heteroatoms. The zero-order valence-corrected chi connectivity index (χ0v) is 10.7. The minimum Gasteiger partial charge on any atom is -0.387 e. The van der Waals surface area contributed by atoms with Gasteiger partial charge in [-0.25, -0.2) is 0 Å². The Morgan fingerprint density at radius 1 is 1.62 bits per heavy atom. The van der Waals surface area contributed by atoms with E-state index in [0.29, 0.717) is 12.1 Å². The maximum Gasteiger partial charge on any atom is 0.252 e. The van der Waals surface area contributed by atoms with Crippen LogP contribution in [0.15, 0.2) is 16.8 Å². The van der Waals surface area contributed by atoms with Gasteiger partial charge in [-0.2, -0.15) is 11.3 Å². The lowest BCUT2D eigenvalue weighted by atomic mass is 10.1. The summed E-state index contributed by atoms with van der Waals surface area (Å²) in [5.41, 5.74) is -0.263. The number of aliphatic hydroxyl groups is 1. The van der Waals surface area contributed by atoms with E-state index in [0.717, 1.165) is 0 Å². The van der Waals surface area contributed by atoms with E-state index in [4.69, 9.17) is 0 Å². The molecule has 0 radical (unpaired) electrons. The Morgan fingerprint density at radius 3 is 2.81 bits per heavy atom. The van der Waals surface area contributed by atoms with Crippen molar-refractivity contribution in [2.75, 3.05) is 27.2 Å². The Bertz CT molecular complexity index is 334. The van der Waals surface area contributed by atoms with Gasteiger partial charge in [-0.1, -0.05) is 0 Å². The van der Waals surface area contributed by atoms with Crippen molar-refractivity contribution in [1.29, 1.82) is 0 Å². The van der Waals surface area contributed by atoms with Crippen molar-refractivity contribution in [3.63, 3.8) is 0 Å². The molecule has 0 saturated carbocycles. The van der Waals surface area contributed by atoms with Crippen molar-refractivity contribution in [2.24, 2.45) is 0 Å². The molecular weight excluding hydrogens is 224 g/mol. The summed E-state index contributed by atoms with van der Waals surface area (Å²) in [5.74, 6) is -0.139. The standard InChI is InChI=1S/C11H18N2O2S/c1-11(15,8-13(2)3)7-12-10(14)9-4-5-16-6-9/h4-6,15H,7-8H2,1-3H3,(H,12,14). The van der Waals surface area contributed by atoms with Crippen LogP contribution in [-0.2, 0) is 0 Å². The summed E-state index contributed by atoms with van der Waals surface area (Å²) in [7, 11) is 3.77. The van der Waals surface area contributed by atoms with E-state index in [2.05, 4.69) is 5.32 Å². The predicted octanol–water partition coefficient (Wildman–Crippen LogP) is 0.790. The highest BCUT2D eigenvalue weighted by atomic mass is 32.1. The van der Waals surface area contributed by atoms with Gasteiger partial charge in [0.05, 0.1) is 5.60 Å². The van der Waals surface area contributed by atoms with Gasteiger partial charge in [0.15, 0.2) is 0 Å². The number of rotatable bonds is 5. The molecule has 0 fully saturated rings. The zero-order chi connectivity index (χ0) is 12.2. The number of nitrogens with zero attached hydrogens (tertiary/aromatic N) is 1. The monoisotopic (exact) mass is 242 g/mol. The van der Waals surface area contributed by atoms with E-state index in [1.165, 1.54) is 11.3 Å². The number of nitrogens with one attached hydrogen (secondary N) is 1. The van der Waals surface area contributed by atoms with Crippen LogP contribution in [0.2, 0.25) is 0 Å². The van der Waals surface area contributed by atoms with Gasteiger partial charge in [0.1, 0.15) is 0 Å². The van der Waals surface area contributed by atoms with Crippen molar-refractivity contribution in [3.8, 4) is 0 Å². The highest BCUT2D eigenvalue weighted by Gasteiger charge is 2.22. The van der Waals surface area contributed by atoms with Crippen LogP contribution in [0.3, 0.4) is 0 Å². The van der Waals surface area contributed by atoms with Gasteiger partial charge in [-0.05, 0) is 32.5 Å². The van der Waals surface area contributed by atoms with Gasteiger partial charge < -0.3 is 15.3 Å². The first-order chi connectivity index (χ1) is 7.41. The van der Waals surface area contributed by atoms with Crippen LogP contribution in [0, 0.1) is 0 Å². The summed E-state index contributed by atoms with van der Waals surface area (Å²) in [6.45, 7) is 2.47. The molecular formula is C11H18N2O2S. The molecule has 0 bridgehead atoms. The number of thiophene rings is 1. The summed E-state index contributed by atoms with van der Waals surface area (Å²) in [4.78, 5) is 13.5. The highest BCUT2D eigenvalue weighted by Crippen LogP contribution is 2.07. The number of hydrogen-bond acceptors (Lipinski definition) is 4. The topological polar surface area (TPSA) is 52.6 Å². The van der Waals surface area contributed by atoms with Crippen LogP contribution in [0.25, 0.3) is 0 Å². The number of carbonyl (C=O) groups excluding carboxylic acids is 1. The SMILES string of the molecule is CN(C)CC(C)(O)CNC(=O)c1ccsc1. The molecule has 1 heterocycles. The maximum atomic E-state index is 11.6. The molecule has 1 aromatic heterocycles. The van der Waals surface area contributed by atoms with Gasteiger partial charge in [0.25, 0.3) is 5.91 Å². The van der Waals surface area contributed by atoms with E-state index in [1.54, 1.807) is 18.4 Å². The fourth-order valence-electron chi connectivity index (χ4n) is 1.50. The third-order valence-corrected chi connectivity index (χ3v) is 2.75. The van der Waals surface area contributed by atoms with E-state index in [1.807, 2.05) is 24.4 Å². The average molecular weight is 242 g/mol. The summed E-state index contributed by atoms with van der Waals surface area (Å²) < 4.78 is 0. The summed E-state index contributed by atoms with van der Waals surface area (Å²) in [5, 5.41) is 16.3. The molecule has 0 aliphatic heterocycles. The lowest BCUT2D eigenvalue weighted by Crippen LogP contribution is -2.47. The van der Waals surface area contributed by atoms with E-state index < -0.39 is 5.60 Å². The van der Waals surface area contributed by atoms with Gasteiger partial charge in [0.2, 0.25) is 0 Å². The van der Waals surface area contributed by atoms with Crippen LogP contribution >= 0.6 is 11.3 Å². The molecule has 1 rings (SSSR count). The number of hydrogen-bond donors (Lipinski definition) is 2. The minimum atomic E-state index is -0.908. The number of likely N-dealkylation sites (N-methyl/N-ethyl adjacent to an activating group) is 1. The molecule has 0 aliphatic rings. The largest absolute Gasteiger partial charge is 0.387 e. The van der Waals surface area contributed by atoms with Gasteiger partial charge >= 0.3 is 0 Å². The molecule has 4 nitrogen and oxygen atoms in total. The molecule has 1 atom stereocenters. The lowest BCUT2D eigenvalue weighted by molar-refractivity contribution is 0.0326. The second kappa shape index (κ2) is 5.43. The second-order valence-electron chi connectivity index (χ2n) is 4.43. The first-order valence-corrected chi connectivity index (χ1v) is 6.02. The Hall–Kier alpha value is -0.910. The Morgan fingerprint density at radius 2 is 2.31 bits per heavy atom. The van der Waals surface area contributed by atoms with Crippen molar-refractivity contribution < 1.29 is 9.90 Å².